The zero-order valence-electron chi connectivity index (χ0n) is 12.0. The van der Waals surface area contributed by atoms with E-state index in [4.69, 9.17) is 5.21 Å². The summed E-state index contributed by atoms with van der Waals surface area (Å²) in [5.74, 6) is -1.68. The fraction of sp³-hybridized carbons (Fsp3) is 0.417. The summed E-state index contributed by atoms with van der Waals surface area (Å²) in [5, 5.41) is 12.9. The van der Waals surface area contributed by atoms with E-state index in [9.17, 15) is 18.8 Å². The molecule has 11 heteroatoms. The molecule has 3 N–H and O–H groups in total. The summed E-state index contributed by atoms with van der Waals surface area (Å²) in [6.45, 7) is 0.223. The number of rotatable bonds is 6. The molecule has 1 aliphatic rings. The summed E-state index contributed by atoms with van der Waals surface area (Å²) in [7, 11) is 0. The van der Waals surface area contributed by atoms with Gasteiger partial charge in [-0.1, -0.05) is 0 Å². The Bertz CT molecular complexity index is 583. The van der Waals surface area contributed by atoms with E-state index in [-0.39, 0.29) is 25.3 Å². The number of anilines is 1. The summed E-state index contributed by atoms with van der Waals surface area (Å²) in [5.41, 5.74) is 2.76. The zero-order chi connectivity index (χ0) is 16.8. The zero-order valence-corrected chi connectivity index (χ0v) is 12.0. The maximum absolute atomic E-state index is 12.7. The molecule has 1 fully saturated rings. The van der Waals surface area contributed by atoms with Gasteiger partial charge < -0.3 is 0 Å². The highest BCUT2D eigenvalue weighted by Crippen LogP contribution is 2.12. The van der Waals surface area contributed by atoms with Crippen LogP contribution in [0, 0.1) is 5.82 Å². The number of halogens is 1. The van der Waals surface area contributed by atoms with E-state index >= 15 is 0 Å². The highest BCUT2D eigenvalue weighted by molar-refractivity contribution is 5.96. The molecular formula is C12H15FN6O4. The van der Waals surface area contributed by atoms with Crippen LogP contribution in [0.3, 0.4) is 0 Å². The van der Waals surface area contributed by atoms with E-state index < -0.39 is 23.7 Å². The Balaban J connectivity index is 1.94. The van der Waals surface area contributed by atoms with Gasteiger partial charge in [0.1, 0.15) is 6.04 Å². The first-order valence-corrected chi connectivity index (χ1v) is 6.76. The molecule has 1 saturated heterocycles. The summed E-state index contributed by atoms with van der Waals surface area (Å²) in [6, 6.07) is -0.792. The van der Waals surface area contributed by atoms with Crippen LogP contribution >= 0.6 is 0 Å². The van der Waals surface area contributed by atoms with Crippen molar-refractivity contribution in [1.29, 1.82) is 0 Å². The van der Waals surface area contributed by atoms with Gasteiger partial charge in [0.05, 0.1) is 18.9 Å². The van der Waals surface area contributed by atoms with Crippen LogP contribution in [-0.4, -0.2) is 62.6 Å². The van der Waals surface area contributed by atoms with Gasteiger partial charge in [0.2, 0.25) is 18.3 Å². The predicted octanol–water partition coefficient (Wildman–Crippen LogP) is -1.10. The van der Waals surface area contributed by atoms with Crippen molar-refractivity contribution in [3.05, 3.63) is 18.2 Å². The summed E-state index contributed by atoms with van der Waals surface area (Å²) in [4.78, 5) is 41.7. The van der Waals surface area contributed by atoms with Gasteiger partial charge in [0.25, 0.3) is 5.91 Å². The molecule has 2 rings (SSSR count). The lowest BCUT2D eigenvalue weighted by Crippen LogP contribution is -2.48. The van der Waals surface area contributed by atoms with Crippen LogP contribution in [0.2, 0.25) is 0 Å². The van der Waals surface area contributed by atoms with E-state index in [0.29, 0.717) is 18.0 Å². The van der Waals surface area contributed by atoms with Crippen LogP contribution in [-0.2, 0) is 14.4 Å². The minimum atomic E-state index is -0.792. The first kappa shape index (κ1) is 16.7. The third kappa shape index (κ3) is 4.40. The van der Waals surface area contributed by atoms with Crippen molar-refractivity contribution in [2.45, 2.75) is 18.9 Å². The standard InChI is InChI=1S/C12H15FN6O4/c13-8-5-14-12(15-6-8)17-11(22)9-1-3-16-19(9)10(21)2-4-18(23)7-20/h5-7,9,16,23H,1-4H2,(H,14,15,17,22)/t9-/m0/s1. The fourth-order valence-corrected chi connectivity index (χ4v) is 2.03. The monoisotopic (exact) mass is 326 g/mol. The minimum absolute atomic E-state index is 0.0711. The summed E-state index contributed by atoms with van der Waals surface area (Å²) < 4.78 is 12.7. The van der Waals surface area contributed by atoms with Gasteiger partial charge in [0.15, 0.2) is 5.82 Å². The Morgan fingerprint density at radius 1 is 1.52 bits per heavy atom. The van der Waals surface area contributed by atoms with Crippen LogP contribution in [0.1, 0.15) is 12.8 Å². The van der Waals surface area contributed by atoms with E-state index in [1.807, 2.05) is 0 Å². The second-order valence-corrected chi connectivity index (χ2v) is 4.71. The number of nitrogens with zero attached hydrogens (tertiary/aromatic N) is 4. The quantitative estimate of drug-likeness (QED) is 0.344. The van der Waals surface area contributed by atoms with E-state index in [0.717, 1.165) is 17.4 Å². The van der Waals surface area contributed by atoms with Crippen LogP contribution in [0.4, 0.5) is 10.3 Å². The van der Waals surface area contributed by atoms with Crippen molar-refractivity contribution >= 4 is 24.2 Å². The van der Waals surface area contributed by atoms with Gasteiger partial charge in [-0.25, -0.2) is 24.8 Å². The van der Waals surface area contributed by atoms with Crippen LogP contribution in [0.25, 0.3) is 0 Å². The average molecular weight is 326 g/mol. The van der Waals surface area contributed by atoms with Gasteiger partial charge in [-0.2, -0.15) is 0 Å². The number of carbonyl (C=O) groups excluding carboxylic acids is 3. The number of hydrogen-bond donors (Lipinski definition) is 3. The summed E-state index contributed by atoms with van der Waals surface area (Å²) in [6.07, 6.45) is 2.22. The van der Waals surface area contributed by atoms with E-state index in [2.05, 4.69) is 20.7 Å². The second kappa shape index (κ2) is 7.56. The highest BCUT2D eigenvalue weighted by atomic mass is 19.1. The molecule has 0 aromatic carbocycles. The molecule has 0 bridgehead atoms. The number of nitrogens with one attached hydrogen (secondary N) is 2. The molecule has 23 heavy (non-hydrogen) atoms. The highest BCUT2D eigenvalue weighted by Gasteiger charge is 2.34. The lowest BCUT2D eigenvalue weighted by molar-refractivity contribution is -0.153. The lowest BCUT2D eigenvalue weighted by atomic mass is 10.2. The Labute approximate surface area is 130 Å². The fourth-order valence-electron chi connectivity index (χ4n) is 2.03. The molecule has 0 spiro atoms. The number of amides is 3. The molecule has 0 saturated carbocycles. The molecule has 0 unspecified atom stereocenters. The van der Waals surface area contributed by atoms with Crippen molar-refractivity contribution in [2.75, 3.05) is 18.4 Å². The van der Waals surface area contributed by atoms with Crippen molar-refractivity contribution in [3.63, 3.8) is 0 Å². The molecule has 0 aliphatic carbocycles. The van der Waals surface area contributed by atoms with Gasteiger partial charge >= 0.3 is 0 Å². The normalized spacial score (nSPS) is 17.0. The Morgan fingerprint density at radius 2 is 2.22 bits per heavy atom. The smallest absolute Gasteiger partial charge is 0.251 e. The summed E-state index contributed by atoms with van der Waals surface area (Å²) >= 11 is 0. The van der Waals surface area contributed by atoms with E-state index in [1.54, 1.807) is 0 Å². The van der Waals surface area contributed by atoms with Gasteiger partial charge in [-0.05, 0) is 6.42 Å². The first-order chi connectivity index (χ1) is 11.0. The van der Waals surface area contributed by atoms with E-state index in [1.165, 1.54) is 0 Å². The second-order valence-electron chi connectivity index (χ2n) is 4.71. The largest absolute Gasteiger partial charge is 0.293 e. The Kier molecular flexibility index (Phi) is 5.49. The molecule has 3 amide bonds. The number of hydrogen-bond acceptors (Lipinski definition) is 7. The number of aromatic nitrogens is 2. The van der Waals surface area contributed by atoms with Crippen LogP contribution < -0.4 is 10.7 Å². The van der Waals surface area contributed by atoms with Crippen molar-refractivity contribution in [2.24, 2.45) is 0 Å². The predicted molar refractivity (Wildman–Crippen MR) is 73.0 cm³/mol. The SMILES string of the molecule is O=CN(O)CCC(=O)N1NCC[C@H]1C(=O)Nc1ncc(F)cn1. The topological polar surface area (TPSA) is 128 Å². The number of hydroxylamine groups is 2. The third-order valence-electron chi connectivity index (χ3n) is 3.11. The maximum Gasteiger partial charge on any atom is 0.251 e. The molecule has 1 aromatic rings. The molecule has 0 radical (unpaired) electrons. The lowest BCUT2D eigenvalue weighted by Gasteiger charge is -2.23. The maximum atomic E-state index is 12.7. The number of carbonyl (C=O) groups is 3. The van der Waals surface area contributed by atoms with Gasteiger partial charge in [0, 0.05) is 13.0 Å². The third-order valence-corrected chi connectivity index (χ3v) is 3.11. The van der Waals surface area contributed by atoms with Crippen molar-refractivity contribution < 1.29 is 24.0 Å². The van der Waals surface area contributed by atoms with Crippen LogP contribution in [0.5, 0.6) is 0 Å². The molecular weight excluding hydrogens is 311 g/mol. The van der Waals surface area contributed by atoms with Gasteiger partial charge in [-0.15, -0.1) is 0 Å². The van der Waals surface area contributed by atoms with Crippen molar-refractivity contribution in [1.82, 2.24) is 25.5 Å². The molecule has 1 aromatic heterocycles. The average Bonchev–Trinajstić information content (AvgIpc) is 3.04. The Morgan fingerprint density at radius 3 is 2.87 bits per heavy atom. The molecule has 124 valence electrons. The molecule has 10 nitrogen and oxygen atoms in total. The Hall–Kier alpha value is -2.66. The minimum Gasteiger partial charge on any atom is -0.293 e. The van der Waals surface area contributed by atoms with Crippen molar-refractivity contribution in [3.8, 4) is 0 Å². The molecule has 1 aliphatic heterocycles. The van der Waals surface area contributed by atoms with Gasteiger partial charge in [-0.3, -0.25) is 29.9 Å². The number of hydrazine groups is 1. The van der Waals surface area contributed by atoms with Crippen LogP contribution in [0.15, 0.2) is 12.4 Å². The molecule has 1 atom stereocenters. The molecule has 2 heterocycles. The first-order valence-electron chi connectivity index (χ1n) is 6.76.